The van der Waals surface area contributed by atoms with E-state index < -0.39 is 5.97 Å². The highest BCUT2D eigenvalue weighted by Crippen LogP contribution is 2.18. The van der Waals surface area contributed by atoms with Crippen LogP contribution in [0.4, 0.5) is 5.69 Å². The predicted octanol–water partition coefficient (Wildman–Crippen LogP) is 3.71. The summed E-state index contributed by atoms with van der Waals surface area (Å²) in [6, 6.07) is 13.5. The lowest BCUT2D eigenvalue weighted by atomic mass is 10.2. The van der Waals surface area contributed by atoms with E-state index in [1.807, 2.05) is 6.20 Å². The highest BCUT2D eigenvalue weighted by Gasteiger charge is 2.09. The molecule has 25 heavy (non-hydrogen) atoms. The van der Waals surface area contributed by atoms with Crippen molar-refractivity contribution in [3.63, 3.8) is 0 Å². The van der Waals surface area contributed by atoms with Crippen molar-refractivity contribution in [1.29, 1.82) is 0 Å². The van der Waals surface area contributed by atoms with Gasteiger partial charge in [0.1, 0.15) is 5.75 Å². The Morgan fingerprint density at radius 3 is 2.32 bits per heavy atom. The zero-order valence-electron chi connectivity index (χ0n) is 13.4. The lowest BCUT2D eigenvalue weighted by molar-refractivity contribution is -0.114. The van der Waals surface area contributed by atoms with Crippen LogP contribution < -0.4 is 10.1 Å². The first kappa shape index (κ1) is 16.7. The van der Waals surface area contributed by atoms with Crippen molar-refractivity contribution in [2.24, 2.45) is 0 Å². The molecule has 0 unspecified atom stereocenters. The van der Waals surface area contributed by atoms with Gasteiger partial charge in [0.2, 0.25) is 5.91 Å². The van der Waals surface area contributed by atoms with Crippen molar-refractivity contribution < 1.29 is 14.3 Å². The fourth-order valence-corrected chi connectivity index (χ4v) is 2.49. The second kappa shape index (κ2) is 7.14. The Morgan fingerprint density at radius 2 is 1.76 bits per heavy atom. The number of carbonyl (C=O) groups excluding carboxylic acids is 2. The molecule has 0 radical (unpaired) electrons. The molecule has 0 saturated heterocycles. The summed E-state index contributed by atoms with van der Waals surface area (Å²) in [5, 5.41) is 2.65. The van der Waals surface area contributed by atoms with E-state index in [9.17, 15) is 9.59 Å². The number of imidazole rings is 1. The number of nitrogens with zero attached hydrogens (tertiary/aromatic N) is 1. The fraction of sp³-hybridized carbons (Fsp3) is 0.0556. The SMILES string of the molecule is CC(=O)Nc1ccc(OC(=O)c2ccc(-n3cc[nH]c3=S)cc2)cc1. The van der Waals surface area contributed by atoms with Gasteiger partial charge in [-0.2, -0.15) is 0 Å². The highest BCUT2D eigenvalue weighted by molar-refractivity contribution is 7.71. The topological polar surface area (TPSA) is 76.1 Å². The summed E-state index contributed by atoms with van der Waals surface area (Å²) in [5.74, 6) is -0.222. The molecule has 0 bridgehead atoms. The van der Waals surface area contributed by atoms with Crippen LogP contribution in [0, 0.1) is 4.77 Å². The standard InChI is InChI=1S/C18H15N3O3S/c1-12(22)20-14-4-8-16(9-5-14)24-17(23)13-2-6-15(7-3-13)21-11-10-19-18(21)25/h2-11H,1H3,(H,19,25)(H,20,22). The Bertz CT molecular complexity index is 956. The number of benzene rings is 2. The summed E-state index contributed by atoms with van der Waals surface area (Å²) in [6.07, 6.45) is 3.56. The molecule has 3 aromatic rings. The number of esters is 1. The Balaban J connectivity index is 1.70. The third-order valence-electron chi connectivity index (χ3n) is 3.42. The summed E-state index contributed by atoms with van der Waals surface area (Å²) in [5.41, 5.74) is 1.92. The molecule has 3 rings (SSSR count). The van der Waals surface area contributed by atoms with Crippen LogP contribution >= 0.6 is 12.2 Å². The lowest BCUT2D eigenvalue weighted by Gasteiger charge is -2.07. The first-order chi connectivity index (χ1) is 12.0. The number of anilines is 1. The molecule has 0 aliphatic heterocycles. The summed E-state index contributed by atoms with van der Waals surface area (Å²) < 4.78 is 7.70. The van der Waals surface area contributed by atoms with Crippen LogP contribution in [0.2, 0.25) is 0 Å². The third kappa shape index (κ3) is 4.02. The number of nitrogens with one attached hydrogen (secondary N) is 2. The quantitative estimate of drug-likeness (QED) is 0.426. The van der Waals surface area contributed by atoms with Crippen LogP contribution in [-0.2, 0) is 4.79 Å². The summed E-state index contributed by atoms with van der Waals surface area (Å²) in [6.45, 7) is 1.43. The summed E-state index contributed by atoms with van der Waals surface area (Å²) >= 11 is 5.16. The van der Waals surface area contributed by atoms with E-state index in [2.05, 4.69) is 10.3 Å². The average Bonchev–Trinajstić information content (AvgIpc) is 3.02. The van der Waals surface area contributed by atoms with Gasteiger partial charge in [0.05, 0.1) is 5.56 Å². The van der Waals surface area contributed by atoms with Crippen LogP contribution in [0.5, 0.6) is 5.75 Å². The minimum atomic E-state index is -0.462. The molecule has 7 heteroatoms. The number of hydrogen-bond donors (Lipinski definition) is 2. The fourth-order valence-electron chi connectivity index (χ4n) is 2.26. The second-order valence-corrected chi connectivity index (χ2v) is 5.66. The molecular formula is C18H15N3O3S. The largest absolute Gasteiger partial charge is 0.423 e. The van der Waals surface area contributed by atoms with Crippen LogP contribution in [-0.4, -0.2) is 21.4 Å². The smallest absolute Gasteiger partial charge is 0.343 e. The van der Waals surface area contributed by atoms with Gasteiger partial charge in [0, 0.05) is 30.7 Å². The molecule has 0 atom stereocenters. The summed E-state index contributed by atoms with van der Waals surface area (Å²) in [4.78, 5) is 26.1. The number of H-pyrrole nitrogens is 1. The normalized spacial score (nSPS) is 10.3. The molecule has 1 heterocycles. The Hall–Kier alpha value is -3.19. The van der Waals surface area contributed by atoms with Gasteiger partial charge < -0.3 is 15.0 Å². The molecule has 1 aromatic heterocycles. The van der Waals surface area contributed by atoms with Gasteiger partial charge in [-0.15, -0.1) is 0 Å². The number of amides is 1. The van der Waals surface area contributed by atoms with Gasteiger partial charge in [-0.25, -0.2) is 4.79 Å². The van der Waals surface area contributed by atoms with Gasteiger partial charge in [-0.3, -0.25) is 9.36 Å². The van der Waals surface area contributed by atoms with Crippen molar-refractivity contribution in [2.45, 2.75) is 6.92 Å². The molecular weight excluding hydrogens is 338 g/mol. The average molecular weight is 353 g/mol. The highest BCUT2D eigenvalue weighted by atomic mass is 32.1. The van der Waals surface area contributed by atoms with E-state index in [0.29, 0.717) is 21.8 Å². The Labute approximate surface area is 149 Å². The van der Waals surface area contributed by atoms with E-state index in [1.165, 1.54) is 6.92 Å². The van der Waals surface area contributed by atoms with Crippen LogP contribution in [0.25, 0.3) is 5.69 Å². The second-order valence-electron chi connectivity index (χ2n) is 5.28. The maximum absolute atomic E-state index is 12.2. The van der Waals surface area contributed by atoms with Crippen LogP contribution in [0.15, 0.2) is 60.9 Å². The van der Waals surface area contributed by atoms with Crippen molar-refractivity contribution in [3.8, 4) is 11.4 Å². The molecule has 0 saturated carbocycles. The molecule has 6 nitrogen and oxygen atoms in total. The number of carbonyl (C=O) groups is 2. The van der Waals surface area contributed by atoms with Crippen molar-refractivity contribution in [1.82, 2.24) is 9.55 Å². The van der Waals surface area contributed by atoms with Crippen molar-refractivity contribution in [3.05, 3.63) is 71.3 Å². The van der Waals surface area contributed by atoms with Gasteiger partial charge in [0.25, 0.3) is 0 Å². The first-order valence-corrected chi connectivity index (χ1v) is 7.90. The molecule has 2 aromatic carbocycles. The van der Waals surface area contributed by atoms with Gasteiger partial charge in [0.15, 0.2) is 4.77 Å². The first-order valence-electron chi connectivity index (χ1n) is 7.49. The van der Waals surface area contributed by atoms with Gasteiger partial charge in [-0.1, -0.05) is 0 Å². The van der Waals surface area contributed by atoms with E-state index in [4.69, 9.17) is 17.0 Å². The minimum Gasteiger partial charge on any atom is -0.423 e. The van der Waals surface area contributed by atoms with E-state index >= 15 is 0 Å². The molecule has 126 valence electrons. The van der Waals surface area contributed by atoms with Crippen molar-refractivity contribution >= 4 is 29.8 Å². The van der Waals surface area contributed by atoms with E-state index in [0.717, 1.165) is 5.69 Å². The molecule has 0 fully saturated rings. The third-order valence-corrected chi connectivity index (χ3v) is 3.73. The number of aromatic nitrogens is 2. The maximum atomic E-state index is 12.2. The van der Waals surface area contributed by atoms with Crippen molar-refractivity contribution in [2.75, 3.05) is 5.32 Å². The lowest BCUT2D eigenvalue weighted by Crippen LogP contribution is -2.09. The molecule has 2 N–H and O–H groups in total. The maximum Gasteiger partial charge on any atom is 0.343 e. The Kier molecular flexibility index (Phi) is 4.76. The molecule has 0 aliphatic rings. The van der Waals surface area contributed by atoms with E-state index in [1.54, 1.807) is 59.3 Å². The number of ether oxygens (including phenoxy) is 1. The minimum absolute atomic E-state index is 0.160. The zero-order valence-corrected chi connectivity index (χ0v) is 14.2. The van der Waals surface area contributed by atoms with Gasteiger partial charge in [-0.05, 0) is 60.7 Å². The number of hydrogen-bond acceptors (Lipinski definition) is 4. The zero-order chi connectivity index (χ0) is 17.8. The van der Waals surface area contributed by atoms with Crippen LogP contribution in [0.1, 0.15) is 17.3 Å². The Morgan fingerprint density at radius 1 is 1.08 bits per heavy atom. The number of rotatable bonds is 4. The predicted molar refractivity (Wildman–Crippen MR) is 96.7 cm³/mol. The molecule has 0 spiro atoms. The molecule has 0 aliphatic carbocycles. The monoisotopic (exact) mass is 353 g/mol. The van der Waals surface area contributed by atoms with Crippen LogP contribution in [0.3, 0.4) is 0 Å². The molecule has 1 amide bonds. The van der Waals surface area contributed by atoms with Gasteiger partial charge >= 0.3 is 5.97 Å². The number of aromatic amines is 1. The summed E-state index contributed by atoms with van der Waals surface area (Å²) in [7, 11) is 0. The van der Waals surface area contributed by atoms with E-state index in [-0.39, 0.29) is 5.91 Å².